The molecule has 4 nitrogen and oxygen atoms in total. The first-order chi connectivity index (χ1) is 8.17. The maximum absolute atomic E-state index is 11.3. The van der Waals surface area contributed by atoms with E-state index < -0.39 is 0 Å². The zero-order valence-electron chi connectivity index (χ0n) is 9.83. The second-order valence-electron chi connectivity index (χ2n) is 3.60. The van der Waals surface area contributed by atoms with E-state index in [9.17, 15) is 4.79 Å². The van der Waals surface area contributed by atoms with Crippen molar-refractivity contribution in [2.24, 2.45) is 5.73 Å². The third-order valence-electron chi connectivity index (χ3n) is 2.19. The maximum Gasteiger partial charge on any atom is 0.257 e. The van der Waals surface area contributed by atoms with E-state index in [1.165, 1.54) is 0 Å². The molecule has 1 rings (SSSR count). The lowest BCUT2D eigenvalue weighted by molar-refractivity contribution is -0.123. The highest BCUT2D eigenvalue weighted by Gasteiger charge is 2.04. The molecule has 0 unspecified atom stereocenters. The third-order valence-corrected chi connectivity index (χ3v) is 2.54. The highest BCUT2D eigenvalue weighted by atomic mass is 35.5. The van der Waals surface area contributed by atoms with Crippen molar-refractivity contribution in [1.82, 2.24) is 5.32 Å². The Morgan fingerprint density at radius 2 is 2.29 bits per heavy atom. The molecule has 0 aliphatic heterocycles. The Morgan fingerprint density at radius 1 is 1.53 bits per heavy atom. The summed E-state index contributed by atoms with van der Waals surface area (Å²) in [5.41, 5.74) is 6.34. The molecule has 5 heteroatoms. The Bertz CT molecular complexity index is 383. The summed E-state index contributed by atoms with van der Waals surface area (Å²) in [5, 5.41) is 3.28. The maximum atomic E-state index is 11.3. The number of carbonyl (C=O) groups excluding carboxylic acids is 1. The van der Waals surface area contributed by atoms with Crippen LogP contribution in [-0.2, 0) is 11.3 Å². The molecule has 0 aromatic heterocycles. The SMILES string of the molecule is CCCNC(=O)COc1ccc(CN)c(Cl)c1. The molecular weight excluding hydrogens is 240 g/mol. The molecule has 0 bridgehead atoms. The fraction of sp³-hybridized carbons (Fsp3) is 0.417. The topological polar surface area (TPSA) is 64.3 Å². The van der Waals surface area contributed by atoms with Crippen LogP contribution in [0.1, 0.15) is 18.9 Å². The van der Waals surface area contributed by atoms with E-state index in [0.29, 0.717) is 23.9 Å². The fourth-order valence-corrected chi connectivity index (χ4v) is 1.50. The van der Waals surface area contributed by atoms with Crippen LogP contribution >= 0.6 is 11.6 Å². The molecule has 0 saturated carbocycles. The molecule has 3 N–H and O–H groups in total. The van der Waals surface area contributed by atoms with Gasteiger partial charge in [-0.2, -0.15) is 0 Å². The van der Waals surface area contributed by atoms with E-state index in [1.54, 1.807) is 18.2 Å². The summed E-state index contributed by atoms with van der Waals surface area (Å²) < 4.78 is 5.31. The molecule has 0 aliphatic rings. The van der Waals surface area contributed by atoms with Gasteiger partial charge < -0.3 is 15.8 Å². The number of rotatable bonds is 6. The van der Waals surface area contributed by atoms with Gasteiger partial charge in [-0.1, -0.05) is 24.6 Å². The summed E-state index contributed by atoms with van der Waals surface area (Å²) in [4.78, 5) is 11.3. The molecule has 0 saturated heterocycles. The van der Waals surface area contributed by atoms with Crippen molar-refractivity contribution in [3.63, 3.8) is 0 Å². The molecule has 0 radical (unpaired) electrons. The zero-order valence-corrected chi connectivity index (χ0v) is 10.6. The molecule has 0 heterocycles. The Kier molecular flexibility index (Phi) is 5.80. The van der Waals surface area contributed by atoms with Gasteiger partial charge in [0.25, 0.3) is 5.91 Å². The van der Waals surface area contributed by atoms with Crippen LogP contribution in [-0.4, -0.2) is 19.1 Å². The predicted molar refractivity (Wildman–Crippen MR) is 68.1 cm³/mol. The first kappa shape index (κ1) is 13.8. The number of benzene rings is 1. The van der Waals surface area contributed by atoms with Gasteiger partial charge in [0.1, 0.15) is 5.75 Å². The summed E-state index contributed by atoms with van der Waals surface area (Å²) in [6.07, 6.45) is 0.906. The molecule has 17 heavy (non-hydrogen) atoms. The average Bonchev–Trinajstić information content (AvgIpc) is 2.34. The number of nitrogens with one attached hydrogen (secondary N) is 1. The Morgan fingerprint density at radius 3 is 2.88 bits per heavy atom. The van der Waals surface area contributed by atoms with Crippen LogP contribution < -0.4 is 15.8 Å². The van der Waals surface area contributed by atoms with Crippen molar-refractivity contribution >= 4 is 17.5 Å². The molecule has 0 aliphatic carbocycles. The van der Waals surface area contributed by atoms with Crippen LogP contribution in [0.2, 0.25) is 5.02 Å². The molecule has 1 aromatic rings. The van der Waals surface area contributed by atoms with Crippen molar-refractivity contribution in [2.45, 2.75) is 19.9 Å². The standard InChI is InChI=1S/C12H17ClN2O2/c1-2-5-15-12(16)8-17-10-4-3-9(7-14)11(13)6-10/h3-4,6H,2,5,7-8,14H2,1H3,(H,15,16). The van der Waals surface area contributed by atoms with Crippen molar-refractivity contribution < 1.29 is 9.53 Å². The van der Waals surface area contributed by atoms with Crippen LogP contribution in [0.3, 0.4) is 0 Å². The zero-order chi connectivity index (χ0) is 12.7. The van der Waals surface area contributed by atoms with E-state index in [0.717, 1.165) is 12.0 Å². The van der Waals surface area contributed by atoms with Gasteiger partial charge in [-0.25, -0.2) is 0 Å². The second-order valence-corrected chi connectivity index (χ2v) is 4.00. The molecule has 0 fully saturated rings. The summed E-state index contributed by atoms with van der Waals surface area (Å²) in [5.74, 6) is 0.435. The Labute approximate surface area is 106 Å². The van der Waals surface area contributed by atoms with Gasteiger partial charge >= 0.3 is 0 Å². The van der Waals surface area contributed by atoms with E-state index in [1.807, 2.05) is 6.92 Å². The molecular formula is C12H17ClN2O2. The van der Waals surface area contributed by atoms with Crippen molar-refractivity contribution in [3.05, 3.63) is 28.8 Å². The van der Waals surface area contributed by atoms with E-state index in [2.05, 4.69) is 5.32 Å². The first-order valence-electron chi connectivity index (χ1n) is 5.55. The van der Waals surface area contributed by atoms with Gasteiger partial charge in [0.2, 0.25) is 0 Å². The summed E-state index contributed by atoms with van der Waals surface area (Å²) in [7, 11) is 0. The normalized spacial score (nSPS) is 10.1. The lowest BCUT2D eigenvalue weighted by atomic mass is 10.2. The van der Waals surface area contributed by atoms with Crippen LogP contribution in [0, 0.1) is 0 Å². The fourth-order valence-electron chi connectivity index (χ4n) is 1.25. The molecule has 1 aromatic carbocycles. The predicted octanol–water partition coefficient (Wildman–Crippen LogP) is 1.70. The Balaban J connectivity index is 2.47. The Hall–Kier alpha value is -1.26. The van der Waals surface area contributed by atoms with Crippen LogP contribution in [0.15, 0.2) is 18.2 Å². The van der Waals surface area contributed by atoms with E-state index in [4.69, 9.17) is 22.1 Å². The van der Waals surface area contributed by atoms with Crippen LogP contribution in [0.5, 0.6) is 5.75 Å². The minimum atomic E-state index is -0.133. The minimum Gasteiger partial charge on any atom is -0.484 e. The smallest absolute Gasteiger partial charge is 0.257 e. The van der Waals surface area contributed by atoms with Crippen molar-refractivity contribution in [3.8, 4) is 5.75 Å². The van der Waals surface area contributed by atoms with Crippen molar-refractivity contribution in [1.29, 1.82) is 0 Å². The van der Waals surface area contributed by atoms with E-state index >= 15 is 0 Å². The van der Waals surface area contributed by atoms with E-state index in [-0.39, 0.29) is 12.5 Å². The van der Waals surface area contributed by atoms with Gasteiger partial charge in [-0.05, 0) is 24.1 Å². The van der Waals surface area contributed by atoms with Crippen LogP contribution in [0.25, 0.3) is 0 Å². The summed E-state index contributed by atoms with van der Waals surface area (Å²) >= 11 is 5.97. The molecule has 0 spiro atoms. The largest absolute Gasteiger partial charge is 0.484 e. The monoisotopic (exact) mass is 256 g/mol. The number of halogens is 1. The van der Waals surface area contributed by atoms with Gasteiger partial charge in [0.05, 0.1) is 0 Å². The molecule has 94 valence electrons. The lowest BCUT2D eigenvalue weighted by Gasteiger charge is -2.08. The highest BCUT2D eigenvalue weighted by Crippen LogP contribution is 2.22. The number of hydrogen-bond donors (Lipinski definition) is 2. The summed E-state index contributed by atoms with van der Waals surface area (Å²) in [6, 6.07) is 5.21. The second kappa shape index (κ2) is 7.14. The first-order valence-corrected chi connectivity index (χ1v) is 5.93. The number of ether oxygens (including phenoxy) is 1. The molecule has 1 amide bonds. The number of hydrogen-bond acceptors (Lipinski definition) is 3. The molecule has 0 atom stereocenters. The lowest BCUT2D eigenvalue weighted by Crippen LogP contribution is -2.29. The number of carbonyl (C=O) groups is 1. The number of nitrogens with two attached hydrogens (primary N) is 1. The van der Waals surface area contributed by atoms with Gasteiger partial charge in [0, 0.05) is 18.1 Å². The van der Waals surface area contributed by atoms with Gasteiger partial charge in [-0.15, -0.1) is 0 Å². The van der Waals surface area contributed by atoms with Gasteiger partial charge in [0.15, 0.2) is 6.61 Å². The van der Waals surface area contributed by atoms with Crippen LogP contribution in [0.4, 0.5) is 0 Å². The van der Waals surface area contributed by atoms with Gasteiger partial charge in [-0.3, -0.25) is 4.79 Å². The summed E-state index contributed by atoms with van der Waals surface area (Å²) in [6.45, 7) is 3.04. The number of amides is 1. The minimum absolute atomic E-state index is 0.00169. The van der Waals surface area contributed by atoms with Crippen molar-refractivity contribution in [2.75, 3.05) is 13.2 Å². The highest BCUT2D eigenvalue weighted by molar-refractivity contribution is 6.31. The third kappa shape index (κ3) is 4.63. The average molecular weight is 257 g/mol. The quantitative estimate of drug-likeness (QED) is 0.814.